The number of ketones is 2. The second-order valence-corrected chi connectivity index (χ2v) is 13.2. The monoisotopic (exact) mass is 583 g/mol. The van der Waals surface area contributed by atoms with Crippen LogP contribution in [0.15, 0.2) is 23.0 Å². The number of rotatable bonds is 6. The number of aliphatic hydroxyl groups is 3. The summed E-state index contributed by atoms with van der Waals surface area (Å²) in [4.78, 5) is 53.3. The van der Waals surface area contributed by atoms with Gasteiger partial charge in [0, 0.05) is 23.5 Å². The number of nitrogens with zero attached hydrogens (tertiary/aromatic N) is 1. The zero-order chi connectivity index (χ0) is 31.6. The Morgan fingerprint density at radius 3 is 2.31 bits per heavy atom. The summed E-state index contributed by atoms with van der Waals surface area (Å²) in [6, 6.07) is 0.716. The third-order valence-electron chi connectivity index (χ3n) is 8.82. The number of likely N-dealkylation sites (N-methyl/N-ethyl adjacent to an activating group) is 1. The van der Waals surface area contributed by atoms with Gasteiger partial charge in [-0.2, -0.15) is 0 Å². The predicted molar refractivity (Wildman–Crippen MR) is 155 cm³/mol. The Hall–Kier alpha value is -3.70. The van der Waals surface area contributed by atoms with Crippen molar-refractivity contribution in [1.29, 1.82) is 0 Å². The molecule has 228 valence electrons. The molecule has 1 saturated carbocycles. The molecule has 0 spiro atoms. The van der Waals surface area contributed by atoms with Crippen molar-refractivity contribution in [3.05, 3.63) is 45.2 Å². The average molecular weight is 584 g/mol. The van der Waals surface area contributed by atoms with Crippen molar-refractivity contribution in [2.75, 3.05) is 20.6 Å². The summed E-state index contributed by atoms with van der Waals surface area (Å²) in [5.74, 6) is -6.94. The number of hydrogen-bond donors (Lipinski definition) is 6. The molecule has 0 aliphatic heterocycles. The number of nitrogens with one attached hydrogen (secondary N) is 1. The molecule has 0 radical (unpaired) electrons. The molecule has 3 aliphatic rings. The molecule has 2 amide bonds. The second-order valence-electron chi connectivity index (χ2n) is 13.2. The number of phenols is 1. The van der Waals surface area contributed by atoms with Gasteiger partial charge in [-0.1, -0.05) is 40.7 Å². The molecule has 0 unspecified atom stereocenters. The number of phenolic OH excluding ortho intramolecular Hbond substituents is 1. The van der Waals surface area contributed by atoms with E-state index in [1.807, 2.05) is 19.9 Å². The number of fused-ring (bicyclic) bond motifs is 3. The van der Waals surface area contributed by atoms with Crippen LogP contribution in [0.25, 0.3) is 5.76 Å². The molecule has 11 heteroatoms. The topological polar surface area (TPSA) is 190 Å². The van der Waals surface area contributed by atoms with E-state index >= 15 is 0 Å². The summed E-state index contributed by atoms with van der Waals surface area (Å²) < 4.78 is 0. The van der Waals surface area contributed by atoms with Crippen molar-refractivity contribution in [2.45, 2.75) is 71.4 Å². The van der Waals surface area contributed by atoms with Gasteiger partial charge in [-0.3, -0.25) is 24.1 Å². The highest BCUT2D eigenvalue weighted by Gasteiger charge is 2.64. The lowest BCUT2D eigenvalue weighted by Gasteiger charge is -2.50. The van der Waals surface area contributed by atoms with E-state index in [1.165, 1.54) is 4.90 Å². The summed E-state index contributed by atoms with van der Waals surface area (Å²) in [7, 11) is 3.13. The first kappa shape index (κ1) is 31.2. The van der Waals surface area contributed by atoms with E-state index in [2.05, 4.69) is 5.32 Å². The molecule has 4 atom stereocenters. The van der Waals surface area contributed by atoms with Gasteiger partial charge in [0.05, 0.1) is 11.6 Å². The molecular formula is C31H41N3O8. The largest absolute Gasteiger partial charge is 0.508 e. The highest BCUT2D eigenvalue weighted by Crippen LogP contribution is 2.53. The lowest BCUT2D eigenvalue weighted by Crippen LogP contribution is -2.65. The fourth-order valence-electron chi connectivity index (χ4n) is 6.68. The number of amides is 2. The van der Waals surface area contributed by atoms with Gasteiger partial charge in [0.15, 0.2) is 11.4 Å². The van der Waals surface area contributed by atoms with Crippen LogP contribution in [0.1, 0.15) is 69.2 Å². The first-order chi connectivity index (χ1) is 19.3. The van der Waals surface area contributed by atoms with Crippen molar-refractivity contribution >= 4 is 29.1 Å². The second kappa shape index (κ2) is 10.5. The molecule has 0 aromatic heterocycles. The molecule has 0 heterocycles. The quantitative estimate of drug-likeness (QED) is 0.271. The van der Waals surface area contributed by atoms with E-state index in [1.54, 1.807) is 34.9 Å². The minimum atomic E-state index is -2.68. The molecule has 1 fully saturated rings. The van der Waals surface area contributed by atoms with Crippen LogP contribution in [0, 0.1) is 17.3 Å². The van der Waals surface area contributed by atoms with Crippen molar-refractivity contribution in [3.8, 4) is 5.75 Å². The average Bonchev–Trinajstić information content (AvgIpc) is 2.86. The number of nitrogens with two attached hydrogens (primary N) is 1. The molecular weight excluding hydrogens is 542 g/mol. The SMILES string of the molecule is CC(C)c1cc(CCNC(=O)C(C)(C)C)c(O)c2c1C[C@H]1C[C@H]3[C@H](N(C)C)C(=O)C(C(N)=O)=C(O)[C@@]3(O)C(=O)C1=C2O. The van der Waals surface area contributed by atoms with Gasteiger partial charge in [-0.15, -0.1) is 0 Å². The fourth-order valence-corrected chi connectivity index (χ4v) is 6.68. The lowest BCUT2D eigenvalue weighted by atomic mass is 9.57. The Bertz CT molecular complexity index is 1450. The van der Waals surface area contributed by atoms with Crippen molar-refractivity contribution < 1.29 is 39.6 Å². The predicted octanol–water partition coefficient (Wildman–Crippen LogP) is 1.79. The zero-order valence-electron chi connectivity index (χ0n) is 25.2. The molecule has 4 rings (SSSR count). The van der Waals surface area contributed by atoms with Gasteiger partial charge >= 0.3 is 0 Å². The highest BCUT2D eigenvalue weighted by molar-refractivity contribution is 6.24. The molecule has 1 aromatic rings. The van der Waals surface area contributed by atoms with E-state index < -0.39 is 63.5 Å². The van der Waals surface area contributed by atoms with Gasteiger partial charge in [0.25, 0.3) is 5.91 Å². The van der Waals surface area contributed by atoms with Crippen LogP contribution in [0.4, 0.5) is 0 Å². The van der Waals surface area contributed by atoms with Gasteiger partial charge in [-0.05, 0) is 61.9 Å². The summed E-state index contributed by atoms with van der Waals surface area (Å²) >= 11 is 0. The van der Waals surface area contributed by atoms with E-state index in [9.17, 15) is 39.6 Å². The Kier molecular flexibility index (Phi) is 7.84. The molecule has 11 nitrogen and oxygen atoms in total. The lowest BCUT2D eigenvalue weighted by molar-refractivity contribution is -0.153. The summed E-state index contributed by atoms with van der Waals surface area (Å²) in [5.41, 5.74) is 3.09. The Morgan fingerprint density at radius 2 is 1.79 bits per heavy atom. The van der Waals surface area contributed by atoms with Crippen LogP contribution < -0.4 is 11.1 Å². The van der Waals surface area contributed by atoms with Crippen LogP contribution in [-0.2, 0) is 32.0 Å². The van der Waals surface area contributed by atoms with E-state index in [0.717, 1.165) is 5.56 Å². The molecule has 3 aliphatic carbocycles. The third kappa shape index (κ3) is 4.68. The number of aliphatic hydroxyl groups excluding tert-OH is 2. The highest BCUT2D eigenvalue weighted by atomic mass is 16.3. The molecule has 0 saturated heterocycles. The van der Waals surface area contributed by atoms with Gasteiger partial charge in [0.1, 0.15) is 22.8 Å². The Balaban J connectivity index is 1.87. The maximum absolute atomic E-state index is 14.1. The summed E-state index contributed by atoms with van der Waals surface area (Å²) in [6.45, 7) is 9.54. The van der Waals surface area contributed by atoms with E-state index in [-0.39, 0.29) is 54.5 Å². The number of Topliss-reactive ketones (excluding diaryl/α,β-unsaturated/α-hetero) is 2. The number of aromatic hydroxyl groups is 1. The molecule has 0 bridgehead atoms. The van der Waals surface area contributed by atoms with Crippen molar-refractivity contribution in [2.24, 2.45) is 23.0 Å². The first-order valence-corrected chi connectivity index (χ1v) is 14.2. The van der Waals surface area contributed by atoms with Gasteiger partial charge in [-0.25, -0.2) is 0 Å². The maximum Gasteiger partial charge on any atom is 0.255 e. The van der Waals surface area contributed by atoms with E-state index in [4.69, 9.17) is 5.73 Å². The van der Waals surface area contributed by atoms with Crippen LogP contribution in [0.2, 0.25) is 0 Å². The number of hydrogen-bond acceptors (Lipinski definition) is 9. The number of primary amides is 1. The maximum atomic E-state index is 14.1. The Labute approximate surface area is 245 Å². The zero-order valence-corrected chi connectivity index (χ0v) is 25.2. The summed E-state index contributed by atoms with van der Waals surface area (Å²) in [6.07, 6.45) is 0.520. The van der Waals surface area contributed by atoms with Crippen molar-refractivity contribution in [3.63, 3.8) is 0 Å². The van der Waals surface area contributed by atoms with Crippen LogP contribution in [0.5, 0.6) is 5.75 Å². The van der Waals surface area contributed by atoms with Crippen LogP contribution in [-0.4, -0.2) is 81.0 Å². The summed E-state index contributed by atoms with van der Waals surface area (Å²) in [5, 5.41) is 48.6. The number of carbonyl (C=O) groups is 4. The van der Waals surface area contributed by atoms with Gasteiger partial charge < -0.3 is 31.5 Å². The number of benzene rings is 1. The normalized spacial score (nSPS) is 25.9. The Morgan fingerprint density at radius 1 is 1.17 bits per heavy atom. The van der Waals surface area contributed by atoms with E-state index in [0.29, 0.717) is 11.1 Å². The first-order valence-electron chi connectivity index (χ1n) is 14.2. The minimum absolute atomic E-state index is 0.0243. The smallest absolute Gasteiger partial charge is 0.255 e. The van der Waals surface area contributed by atoms with Crippen LogP contribution >= 0.6 is 0 Å². The fraction of sp³-hybridized carbons (Fsp3) is 0.548. The molecule has 42 heavy (non-hydrogen) atoms. The number of carbonyl (C=O) groups excluding carboxylic acids is 4. The van der Waals surface area contributed by atoms with Crippen LogP contribution in [0.3, 0.4) is 0 Å². The van der Waals surface area contributed by atoms with Gasteiger partial charge in [0.2, 0.25) is 11.7 Å². The standard InChI is InChI=1S/C31H41N3O8/c1-13(2)16-10-14(8-9-33-29(41)30(3,4)5)23(35)20-17(16)11-15-12-18-22(34(6)7)25(37)21(28(32)40)27(39)31(18,42)26(38)19(15)24(20)36/h10,13,15,18,22,35-36,39,42H,8-9,11-12H2,1-7H3,(H2,32,40)(H,33,41)/t15-,18-,22-,31-/m0/s1. The molecule has 7 N–H and O–H groups in total. The minimum Gasteiger partial charge on any atom is -0.508 e. The third-order valence-corrected chi connectivity index (χ3v) is 8.82. The molecule has 1 aromatic carbocycles. The van der Waals surface area contributed by atoms with Crippen molar-refractivity contribution in [1.82, 2.24) is 10.2 Å².